The number of nitrogen functional groups attached to an aromatic ring is 1. The number of anilines is 2. The fourth-order valence-electron chi connectivity index (χ4n) is 2.86. The molecule has 1 amide bonds. The highest BCUT2D eigenvalue weighted by molar-refractivity contribution is 7.18. The number of hydrogen-bond donors (Lipinski definition) is 1. The molecule has 6 nitrogen and oxygen atoms in total. The second-order valence-corrected chi connectivity index (χ2v) is 6.60. The van der Waals surface area contributed by atoms with E-state index >= 15 is 0 Å². The van der Waals surface area contributed by atoms with E-state index in [1.165, 1.54) is 11.3 Å². The molecule has 2 fully saturated rings. The molecule has 1 unspecified atom stereocenters. The molecule has 21 heavy (non-hydrogen) atoms. The third-order valence-electron chi connectivity index (χ3n) is 4.27. The number of nitrogens with two attached hydrogens (primary N) is 1. The number of amides is 1. The Bertz CT molecular complexity index is 513. The molecule has 1 aromatic heterocycles. The van der Waals surface area contributed by atoms with Gasteiger partial charge in [-0.15, -0.1) is 0 Å². The topological polar surface area (TPSA) is 71.7 Å². The lowest BCUT2D eigenvalue weighted by molar-refractivity contribution is 0.0792. The van der Waals surface area contributed by atoms with Gasteiger partial charge in [0.15, 0.2) is 5.13 Å². The van der Waals surface area contributed by atoms with Crippen LogP contribution in [0.1, 0.15) is 29.4 Å². The molecule has 2 aliphatic heterocycles. The van der Waals surface area contributed by atoms with Gasteiger partial charge in [0.25, 0.3) is 5.91 Å². The van der Waals surface area contributed by atoms with Crippen molar-refractivity contribution in [1.29, 1.82) is 0 Å². The molecular weight excluding hydrogens is 288 g/mol. The van der Waals surface area contributed by atoms with Crippen LogP contribution in [-0.4, -0.2) is 55.2 Å². The molecule has 2 N–H and O–H groups in total. The molecule has 116 valence electrons. The summed E-state index contributed by atoms with van der Waals surface area (Å²) in [6, 6.07) is 0. The molecule has 0 radical (unpaired) electrons. The average Bonchev–Trinajstić information content (AvgIpc) is 3.14. The van der Waals surface area contributed by atoms with Crippen molar-refractivity contribution < 1.29 is 9.53 Å². The predicted octanol–water partition coefficient (Wildman–Crippen LogP) is 1.43. The number of carbonyl (C=O) groups is 1. The Balaban J connectivity index is 1.73. The minimum absolute atomic E-state index is 0.0421. The normalized spacial score (nSPS) is 22.8. The van der Waals surface area contributed by atoms with Crippen LogP contribution in [0.25, 0.3) is 0 Å². The van der Waals surface area contributed by atoms with Crippen LogP contribution in [0.4, 0.5) is 10.9 Å². The Morgan fingerprint density at radius 1 is 1.43 bits per heavy atom. The lowest BCUT2D eigenvalue weighted by Gasteiger charge is -2.25. The molecule has 2 saturated heterocycles. The first kappa shape index (κ1) is 14.6. The molecule has 7 heteroatoms. The zero-order valence-corrected chi connectivity index (χ0v) is 13.2. The summed E-state index contributed by atoms with van der Waals surface area (Å²) in [6.07, 6.45) is 2.22. The van der Waals surface area contributed by atoms with Gasteiger partial charge < -0.3 is 20.3 Å². The maximum atomic E-state index is 12.6. The zero-order valence-electron chi connectivity index (χ0n) is 12.4. The van der Waals surface area contributed by atoms with Gasteiger partial charge >= 0.3 is 0 Å². The Hall–Kier alpha value is -1.34. The monoisotopic (exact) mass is 310 g/mol. The molecule has 1 atom stereocenters. The van der Waals surface area contributed by atoms with Gasteiger partial charge in [-0.1, -0.05) is 24.7 Å². The molecule has 0 saturated carbocycles. The van der Waals surface area contributed by atoms with Crippen molar-refractivity contribution in [1.82, 2.24) is 9.88 Å². The zero-order chi connectivity index (χ0) is 14.8. The number of carbonyl (C=O) groups excluding carboxylic acids is 1. The van der Waals surface area contributed by atoms with Crippen molar-refractivity contribution in [2.45, 2.75) is 19.8 Å². The second kappa shape index (κ2) is 6.19. The molecule has 0 aromatic carbocycles. The van der Waals surface area contributed by atoms with Crippen molar-refractivity contribution in [3.8, 4) is 0 Å². The van der Waals surface area contributed by atoms with Gasteiger partial charge in [0.1, 0.15) is 10.7 Å². The van der Waals surface area contributed by atoms with Crippen molar-refractivity contribution in [2.24, 2.45) is 5.92 Å². The van der Waals surface area contributed by atoms with E-state index in [0.717, 1.165) is 44.2 Å². The quantitative estimate of drug-likeness (QED) is 0.914. The van der Waals surface area contributed by atoms with E-state index in [9.17, 15) is 4.79 Å². The van der Waals surface area contributed by atoms with E-state index < -0.39 is 0 Å². The van der Waals surface area contributed by atoms with Crippen LogP contribution in [0.3, 0.4) is 0 Å². The molecule has 2 aliphatic rings. The van der Waals surface area contributed by atoms with Crippen LogP contribution in [0.5, 0.6) is 0 Å². The fraction of sp³-hybridized carbons (Fsp3) is 0.714. The second-order valence-electron chi connectivity index (χ2n) is 5.62. The van der Waals surface area contributed by atoms with Gasteiger partial charge in [-0.05, 0) is 12.3 Å². The first-order valence-electron chi connectivity index (χ1n) is 7.57. The summed E-state index contributed by atoms with van der Waals surface area (Å²) in [5, 5.41) is 0.838. The van der Waals surface area contributed by atoms with Crippen LogP contribution < -0.4 is 10.6 Å². The number of rotatable bonds is 3. The van der Waals surface area contributed by atoms with E-state index in [2.05, 4.69) is 16.8 Å². The summed E-state index contributed by atoms with van der Waals surface area (Å²) in [5.74, 6) is 1.04. The lowest BCUT2D eigenvalue weighted by Crippen LogP contribution is -2.36. The molecule has 0 spiro atoms. The number of hydrogen-bond acceptors (Lipinski definition) is 6. The summed E-state index contributed by atoms with van der Waals surface area (Å²) in [7, 11) is 0. The summed E-state index contributed by atoms with van der Waals surface area (Å²) < 4.78 is 5.34. The highest BCUT2D eigenvalue weighted by Gasteiger charge is 2.29. The molecule has 3 rings (SSSR count). The summed E-state index contributed by atoms with van der Waals surface area (Å²) >= 11 is 1.41. The Morgan fingerprint density at radius 2 is 2.19 bits per heavy atom. The maximum absolute atomic E-state index is 12.6. The average molecular weight is 310 g/mol. The van der Waals surface area contributed by atoms with Crippen LogP contribution in [0.2, 0.25) is 0 Å². The Morgan fingerprint density at radius 3 is 2.86 bits per heavy atom. The van der Waals surface area contributed by atoms with Gasteiger partial charge in [0.05, 0.1) is 13.2 Å². The summed E-state index contributed by atoms with van der Waals surface area (Å²) in [4.78, 5) is 21.6. The number of nitrogens with zero attached hydrogens (tertiary/aromatic N) is 3. The van der Waals surface area contributed by atoms with Crippen molar-refractivity contribution in [3.05, 3.63) is 4.88 Å². The van der Waals surface area contributed by atoms with E-state index in [1.807, 2.05) is 4.90 Å². The molecule has 1 aromatic rings. The van der Waals surface area contributed by atoms with Crippen LogP contribution in [-0.2, 0) is 4.74 Å². The number of thiazole rings is 1. The Labute approximate surface area is 128 Å². The highest BCUT2D eigenvalue weighted by Crippen LogP contribution is 2.31. The van der Waals surface area contributed by atoms with Crippen LogP contribution in [0, 0.1) is 5.92 Å². The third kappa shape index (κ3) is 2.98. The number of ether oxygens (including phenoxy) is 1. The van der Waals surface area contributed by atoms with E-state index in [4.69, 9.17) is 10.5 Å². The molecule has 0 bridgehead atoms. The van der Waals surface area contributed by atoms with E-state index in [1.54, 1.807) is 0 Å². The summed E-state index contributed by atoms with van der Waals surface area (Å²) in [5.41, 5.74) is 5.98. The first-order valence-corrected chi connectivity index (χ1v) is 8.39. The third-order valence-corrected chi connectivity index (χ3v) is 5.39. The lowest BCUT2D eigenvalue weighted by atomic mass is 10.1. The van der Waals surface area contributed by atoms with Crippen molar-refractivity contribution >= 4 is 28.2 Å². The predicted molar refractivity (Wildman–Crippen MR) is 83.9 cm³/mol. The smallest absolute Gasteiger partial charge is 0.267 e. The summed E-state index contributed by atoms with van der Waals surface area (Å²) in [6.45, 7) is 6.88. The van der Waals surface area contributed by atoms with Gasteiger partial charge in [-0.25, -0.2) is 4.98 Å². The first-order chi connectivity index (χ1) is 10.2. The van der Waals surface area contributed by atoms with Crippen molar-refractivity contribution in [3.63, 3.8) is 0 Å². The molecular formula is C14H22N4O2S. The SMILES string of the molecule is CCC1CCN(C(=O)c2sc(N3CCOCC3)nc2N)C1. The standard InChI is InChI=1S/C14H22N4O2S/c1-2-10-3-4-18(9-10)13(19)11-12(15)16-14(21-11)17-5-7-20-8-6-17/h10H,2-9,15H2,1H3. The highest BCUT2D eigenvalue weighted by atomic mass is 32.1. The van der Waals surface area contributed by atoms with E-state index in [-0.39, 0.29) is 5.91 Å². The molecule has 0 aliphatic carbocycles. The minimum atomic E-state index is 0.0421. The maximum Gasteiger partial charge on any atom is 0.267 e. The minimum Gasteiger partial charge on any atom is -0.382 e. The van der Waals surface area contributed by atoms with Gasteiger partial charge in [0.2, 0.25) is 0 Å². The van der Waals surface area contributed by atoms with Gasteiger partial charge in [-0.2, -0.15) is 0 Å². The van der Waals surface area contributed by atoms with Crippen LogP contribution >= 0.6 is 11.3 Å². The van der Waals surface area contributed by atoms with Gasteiger partial charge in [-0.3, -0.25) is 4.79 Å². The Kier molecular flexibility index (Phi) is 4.30. The number of likely N-dealkylation sites (tertiary alicyclic amines) is 1. The number of aromatic nitrogens is 1. The van der Waals surface area contributed by atoms with Crippen LogP contribution in [0.15, 0.2) is 0 Å². The number of morpholine rings is 1. The molecule has 3 heterocycles. The fourth-order valence-corrected chi connectivity index (χ4v) is 3.86. The largest absolute Gasteiger partial charge is 0.382 e. The van der Waals surface area contributed by atoms with Crippen molar-refractivity contribution in [2.75, 3.05) is 50.0 Å². The van der Waals surface area contributed by atoms with Gasteiger partial charge in [0, 0.05) is 26.2 Å². The van der Waals surface area contributed by atoms with E-state index in [0.29, 0.717) is 29.8 Å².